The number of likely N-dealkylation sites (N-methyl/N-ethyl adjacent to an activating group) is 1. The Labute approximate surface area is 110 Å². The van der Waals surface area contributed by atoms with E-state index < -0.39 is 0 Å². The van der Waals surface area contributed by atoms with Crippen LogP contribution in [-0.4, -0.2) is 25.2 Å². The van der Waals surface area contributed by atoms with Crippen LogP contribution >= 0.6 is 0 Å². The minimum Gasteiger partial charge on any atom is -0.383 e. The smallest absolute Gasteiger partial charge is 0.128 e. The van der Waals surface area contributed by atoms with Crippen molar-refractivity contribution in [2.24, 2.45) is 5.41 Å². The van der Waals surface area contributed by atoms with Crippen LogP contribution in [0.15, 0.2) is 12.3 Å². The van der Waals surface area contributed by atoms with Crippen LogP contribution in [0.4, 0.5) is 5.82 Å². The fraction of sp³-hybridized carbons (Fsp3) is 0.643. The Morgan fingerprint density at radius 1 is 1.39 bits per heavy atom. The third kappa shape index (κ3) is 3.00. The van der Waals surface area contributed by atoms with E-state index in [1.807, 2.05) is 20.0 Å². The monoisotopic (exact) mass is 251 g/mol. The minimum atomic E-state index is 0.0111. The highest BCUT2D eigenvalue weighted by Gasteiger charge is 2.34. The van der Waals surface area contributed by atoms with Crippen molar-refractivity contribution in [1.82, 2.24) is 10.3 Å². The van der Waals surface area contributed by atoms with Gasteiger partial charge in [0.2, 0.25) is 0 Å². The molecule has 0 aliphatic rings. The van der Waals surface area contributed by atoms with Gasteiger partial charge in [-0.15, -0.1) is 0 Å². The molecule has 1 rings (SSSR count). The van der Waals surface area contributed by atoms with Crippen LogP contribution in [0.3, 0.4) is 0 Å². The Balaban J connectivity index is 3.24. The van der Waals surface area contributed by atoms with Gasteiger partial charge >= 0.3 is 0 Å². The van der Waals surface area contributed by atoms with Gasteiger partial charge in [0.25, 0.3) is 0 Å². The highest BCUT2D eigenvalue weighted by atomic mass is 16.5. The maximum atomic E-state index is 6.03. The number of nitrogens with one attached hydrogen (secondary N) is 1. The van der Waals surface area contributed by atoms with Gasteiger partial charge in [0.15, 0.2) is 0 Å². The maximum absolute atomic E-state index is 6.03. The van der Waals surface area contributed by atoms with Gasteiger partial charge in [-0.25, -0.2) is 4.98 Å². The number of nitrogens with zero attached hydrogens (tertiary/aromatic N) is 1. The predicted molar refractivity (Wildman–Crippen MR) is 75.4 cm³/mol. The van der Waals surface area contributed by atoms with Crippen LogP contribution in [0.2, 0.25) is 0 Å². The second-order valence-electron chi connectivity index (χ2n) is 5.72. The van der Waals surface area contributed by atoms with Gasteiger partial charge in [-0.05, 0) is 31.0 Å². The van der Waals surface area contributed by atoms with Crippen LogP contribution in [0.1, 0.15) is 37.9 Å². The molecule has 0 aliphatic carbocycles. The molecule has 18 heavy (non-hydrogen) atoms. The first-order valence-electron chi connectivity index (χ1n) is 6.24. The SMILES string of the molecule is CNC(c1c(C)ccnc1N)C(OC)C(C)(C)C. The van der Waals surface area contributed by atoms with Crippen LogP contribution in [0.25, 0.3) is 0 Å². The fourth-order valence-electron chi connectivity index (χ4n) is 2.43. The lowest BCUT2D eigenvalue weighted by atomic mass is 9.81. The standard InChI is InChI=1S/C14H25N3O/c1-9-7-8-17-13(15)10(9)11(16-5)12(18-6)14(2,3)4/h7-8,11-12,16H,1-6H3,(H2,15,17). The van der Waals surface area contributed by atoms with Gasteiger partial charge in [-0.3, -0.25) is 0 Å². The van der Waals surface area contributed by atoms with Crippen molar-refractivity contribution < 1.29 is 4.74 Å². The average molecular weight is 251 g/mol. The van der Waals surface area contributed by atoms with E-state index in [1.54, 1.807) is 13.3 Å². The highest BCUT2D eigenvalue weighted by Crippen LogP contribution is 2.35. The number of aryl methyl sites for hydroxylation is 1. The highest BCUT2D eigenvalue weighted by molar-refractivity contribution is 5.46. The molecule has 2 atom stereocenters. The summed E-state index contributed by atoms with van der Waals surface area (Å²) in [4.78, 5) is 4.19. The van der Waals surface area contributed by atoms with Crippen LogP contribution in [-0.2, 0) is 4.74 Å². The Kier molecular flexibility index (Phi) is 4.71. The molecular weight excluding hydrogens is 226 g/mol. The number of nitrogens with two attached hydrogens (primary N) is 1. The third-order valence-corrected chi connectivity index (χ3v) is 3.27. The third-order valence-electron chi connectivity index (χ3n) is 3.27. The first-order valence-corrected chi connectivity index (χ1v) is 6.24. The molecule has 0 saturated carbocycles. The summed E-state index contributed by atoms with van der Waals surface area (Å²) in [7, 11) is 3.66. The molecule has 1 aromatic heterocycles. The van der Waals surface area contributed by atoms with Gasteiger partial charge in [0.1, 0.15) is 5.82 Å². The number of hydrogen-bond donors (Lipinski definition) is 2. The van der Waals surface area contributed by atoms with Crippen LogP contribution in [0.5, 0.6) is 0 Å². The summed E-state index contributed by atoms with van der Waals surface area (Å²) < 4.78 is 5.69. The lowest BCUT2D eigenvalue weighted by Gasteiger charge is -2.36. The van der Waals surface area contributed by atoms with Crippen molar-refractivity contribution >= 4 is 5.82 Å². The molecule has 1 aromatic rings. The average Bonchev–Trinajstić information content (AvgIpc) is 2.25. The fourth-order valence-corrected chi connectivity index (χ4v) is 2.43. The molecule has 0 aliphatic heterocycles. The number of aromatic nitrogens is 1. The van der Waals surface area contributed by atoms with Crippen molar-refractivity contribution in [2.45, 2.75) is 39.8 Å². The lowest BCUT2D eigenvalue weighted by Crippen LogP contribution is -2.41. The van der Waals surface area contributed by atoms with Gasteiger partial charge in [0, 0.05) is 18.9 Å². The zero-order valence-corrected chi connectivity index (χ0v) is 12.2. The van der Waals surface area contributed by atoms with E-state index in [0.29, 0.717) is 5.82 Å². The molecule has 3 N–H and O–H groups in total. The number of hydrogen-bond acceptors (Lipinski definition) is 4. The Morgan fingerprint density at radius 2 is 2.00 bits per heavy atom. The number of anilines is 1. The Bertz CT molecular complexity index is 378. The van der Waals surface area contributed by atoms with Gasteiger partial charge in [-0.1, -0.05) is 20.8 Å². The van der Waals surface area contributed by atoms with E-state index >= 15 is 0 Å². The largest absolute Gasteiger partial charge is 0.383 e. The summed E-state index contributed by atoms with van der Waals surface area (Å²) in [5, 5.41) is 3.31. The summed E-state index contributed by atoms with van der Waals surface area (Å²) in [5.41, 5.74) is 8.20. The predicted octanol–water partition coefficient (Wildman–Crippen LogP) is 2.29. The number of pyridine rings is 1. The number of methoxy groups -OCH3 is 1. The number of nitrogen functional groups attached to an aromatic ring is 1. The topological polar surface area (TPSA) is 60.2 Å². The molecule has 0 saturated heterocycles. The first kappa shape index (κ1) is 14.9. The van der Waals surface area contributed by atoms with Crippen molar-refractivity contribution in [3.05, 3.63) is 23.4 Å². The molecule has 0 amide bonds. The van der Waals surface area contributed by atoms with E-state index in [2.05, 4.69) is 31.1 Å². The molecule has 4 heteroatoms. The molecule has 0 radical (unpaired) electrons. The Hall–Kier alpha value is -1.13. The van der Waals surface area contributed by atoms with E-state index in [1.165, 1.54) is 0 Å². The molecule has 102 valence electrons. The maximum Gasteiger partial charge on any atom is 0.128 e. The molecule has 0 aromatic carbocycles. The molecule has 0 fully saturated rings. The van der Waals surface area contributed by atoms with E-state index in [9.17, 15) is 0 Å². The molecule has 1 heterocycles. The Morgan fingerprint density at radius 3 is 2.39 bits per heavy atom. The summed E-state index contributed by atoms with van der Waals surface area (Å²) in [6, 6.07) is 2.01. The van der Waals surface area contributed by atoms with Crippen molar-refractivity contribution in [3.8, 4) is 0 Å². The molecular formula is C14H25N3O. The number of rotatable bonds is 4. The zero-order chi connectivity index (χ0) is 13.9. The van der Waals surface area contributed by atoms with Crippen molar-refractivity contribution in [2.75, 3.05) is 19.9 Å². The van der Waals surface area contributed by atoms with Crippen molar-refractivity contribution in [1.29, 1.82) is 0 Å². The van der Waals surface area contributed by atoms with Crippen molar-refractivity contribution in [3.63, 3.8) is 0 Å². The van der Waals surface area contributed by atoms with E-state index in [0.717, 1.165) is 11.1 Å². The molecule has 2 unspecified atom stereocenters. The second-order valence-corrected chi connectivity index (χ2v) is 5.72. The van der Waals surface area contributed by atoms with Gasteiger partial charge in [0.05, 0.1) is 12.1 Å². The first-order chi connectivity index (χ1) is 8.32. The lowest BCUT2D eigenvalue weighted by molar-refractivity contribution is -0.0102. The normalized spacial score (nSPS) is 15.4. The molecule has 0 bridgehead atoms. The zero-order valence-electron chi connectivity index (χ0n) is 12.2. The summed E-state index contributed by atoms with van der Waals surface area (Å²) in [6.07, 6.45) is 1.76. The molecule has 0 spiro atoms. The van der Waals surface area contributed by atoms with Crippen LogP contribution in [0, 0.1) is 12.3 Å². The quantitative estimate of drug-likeness (QED) is 0.862. The minimum absolute atomic E-state index is 0.0111. The summed E-state index contributed by atoms with van der Waals surface area (Å²) in [5.74, 6) is 0.570. The molecule has 4 nitrogen and oxygen atoms in total. The summed E-state index contributed by atoms with van der Waals surface area (Å²) in [6.45, 7) is 8.53. The number of ether oxygens (including phenoxy) is 1. The van der Waals surface area contributed by atoms with Gasteiger partial charge < -0.3 is 15.8 Å². The van der Waals surface area contributed by atoms with E-state index in [4.69, 9.17) is 10.5 Å². The van der Waals surface area contributed by atoms with Crippen LogP contribution < -0.4 is 11.1 Å². The van der Waals surface area contributed by atoms with Gasteiger partial charge in [-0.2, -0.15) is 0 Å². The summed E-state index contributed by atoms with van der Waals surface area (Å²) >= 11 is 0. The second kappa shape index (κ2) is 5.67. The van der Waals surface area contributed by atoms with E-state index in [-0.39, 0.29) is 17.6 Å².